The molecule has 78 valence electrons. The topological polar surface area (TPSA) is 12.0 Å². The van der Waals surface area contributed by atoms with Crippen LogP contribution in [0, 0.1) is 0 Å². The molecule has 0 spiro atoms. The minimum Gasteiger partial charge on any atom is -0.309 e. The van der Waals surface area contributed by atoms with E-state index in [-0.39, 0.29) is 0 Å². The molecule has 2 rings (SSSR count). The van der Waals surface area contributed by atoms with Crippen molar-refractivity contribution in [1.82, 2.24) is 5.32 Å². The zero-order chi connectivity index (χ0) is 9.97. The molecule has 0 aromatic carbocycles. The molecule has 1 saturated heterocycles. The third-order valence-electron chi connectivity index (χ3n) is 2.24. The summed E-state index contributed by atoms with van der Waals surface area (Å²) in [5, 5.41) is 3.49. The van der Waals surface area contributed by atoms with Crippen molar-refractivity contribution in [3.63, 3.8) is 0 Å². The van der Waals surface area contributed by atoms with Gasteiger partial charge in [-0.05, 0) is 23.8 Å². The Kier molecular flexibility index (Phi) is 4.02. The zero-order valence-corrected chi connectivity index (χ0v) is 10.7. The molecule has 0 amide bonds. The molecule has 0 saturated carbocycles. The number of hydrogen-bond acceptors (Lipinski definition) is 3. The summed E-state index contributed by atoms with van der Waals surface area (Å²) in [5.41, 5.74) is 1.12. The van der Waals surface area contributed by atoms with Gasteiger partial charge in [-0.3, -0.25) is 0 Å². The van der Waals surface area contributed by atoms with Crippen molar-refractivity contribution in [3.8, 4) is 0 Å². The van der Waals surface area contributed by atoms with Crippen LogP contribution in [0.5, 0.6) is 0 Å². The Balaban J connectivity index is 1.87. The molecule has 1 aliphatic rings. The fraction of sp³-hybridized carbons (Fsp3) is 0.556. The summed E-state index contributed by atoms with van der Waals surface area (Å²) in [6, 6.07) is 2.60. The molecular formula is C9H11Cl2NS2. The predicted molar refractivity (Wildman–Crippen MR) is 66.9 cm³/mol. The van der Waals surface area contributed by atoms with Crippen molar-refractivity contribution in [2.45, 2.75) is 19.0 Å². The monoisotopic (exact) mass is 267 g/mol. The van der Waals surface area contributed by atoms with E-state index in [4.69, 9.17) is 23.2 Å². The second-order valence-electron chi connectivity index (χ2n) is 3.29. The third kappa shape index (κ3) is 2.80. The van der Waals surface area contributed by atoms with Crippen molar-refractivity contribution in [3.05, 3.63) is 20.3 Å². The molecule has 1 fully saturated rings. The van der Waals surface area contributed by atoms with E-state index in [1.807, 2.05) is 17.8 Å². The van der Waals surface area contributed by atoms with E-state index in [9.17, 15) is 0 Å². The summed E-state index contributed by atoms with van der Waals surface area (Å²) in [4.78, 5) is 0. The highest BCUT2D eigenvalue weighted by atomic mass is 35.5. The Morgan fingerprint density at radius 2 is 2.36 bits per heavy atom. The third-order valence-corrected chi connectivity index (χ3v) is 4.97. The lowest BCUT2D eigenvalue weighted by atomic mass is 10.2. The van der Waals surface area contributed by atoms with Gasteiger partial charge < -0.3 is 5.32 Å². The molecule has 1 atom stereocenters. The molecule has 1 aromatic rings. The first-order chi connectivity index (χ1) is 6.75. The van der Waals surface area contributed by atoms with E-state index in [2.05, 4.69) is 5.32 Å². The van der Waals surface area contributed by atoms with Crippen LogP contribution in [0.1, 0.15) is 12.0 Å². The van der Waals surface area contributed by atoms with Gasteiger partial charge in [-0.2, -0.15) is 11.8 Å². The number of halogens is 2. The number of nitrogens with one attached hydrogen (secondary N) is 1. The average Bonchev–Trinajstić information content (AvgIpc) is 2.72. The van der Waals surface area contributed by atoms with Gasteiger partial charge in [0, 0.05) is 18.3 Å². The predicted octanol–water partition coefficient (Wildman–Crippen LogP) is 3.65. The van der Waals surface area contributed by atoms with Crippen LogP contribution < -0.4 is 5.32 Å². The highest BCUT2D eigenvalue weighted by Gasteiger charge is 2.15. The number of thioether (sulfide) groups is 1. The fourth-order valence-corrected chi connectivity index (χ4v) is 4.12. The van der Waals surface area contributed by atoms with Gasteiger partial charge in [-0.25, -0.2) is 0 Å². The van der Waals surface area contributed by atoms with E-state index < -0.39 is 0 Å². The maximum absolute atomic E-state index is 6.02. The molecule has 1 nitrogen and oxygen atoms in total. The van der Waals surface area contributed by atoms with Crippen LogP contribution in [-0.4, -0.2) is 17.5 Å². The lowest BCUT2D eigenvalue weighted by Crippen LogP contribution is -2.27. The summed E-state index contributed by atoms with van der Waals surface area (Å²) < 4.78 is 1.58. The van der Waals surface area contributed by atoms with E-state index in [0.29, 0.717) is 6.04 Å². The normalized spacial score (nSPS) is 21.7. The zero-order valence-electron chi connectivity index (χ0n) is 7.56. The maximum Gasteiger partial charge on any atom is 0.0989 e. The van der Waals surface area contributed by atoms with Crippen molar-refractivity contribution in [2.24, 2.45) is 0 Å². The SMILES string of the molecule is Clc1cc(CNC2CCSC2)c(Cl)s1. The maximum atomic E-state index is 6.02. The molecule has 0 radical (unpaired) electrons. The van der Waals surface area contributed by atoms with Gasteiger partial charge in [0.15, 0.2) is 0 Å². The van der Waals surface area contributed by atoms with Gasteiger partial charge in [0.05, 0.1) is 8.67 Å². The first-order valence-electron chi connectivity index (χ1n) is 4.50. The Labute approximate surface area is 102 Å². The van der Waals surface area contributed by atoms with Crippen LogP contribution in [0.3, 0.4) is 0 Å². The van der Waals surface area contributed by atoms with Crippen LogP contribution in [-0.2, 0) is 6.54 Å². The number of hydrogen-bond donors (Lipinski definition) is 1. The first kappa shape index (κ1) is 11.1. The molecule has 1 N–H and O–H groups in total. The van der Waals surface area contributed by atoms with Gasteiger partial charge >= 0.3 is 0 Å². The Morgan fingerprint density at radius 3 is 2.93 bits per heavy atom. The highest BCUT2D eigenvalue weighted by molar-refractivity contribution is 7.99. The summed E-state index contributed by atoms with van der Waals surface area (Å²) >= 11 is 15.3. The molecular weight excluding hydrogens is 257 g/mol. The van der Waals surface area contributed by atoms with E-state index in [0.717, 1.165) is 20.8 Å². The van der Waals surface area contributed by atoms with E-state index in [1.54, 1.807) is 0 Å². The molecule has 0 aliphatic carbocycles. The minimum absolute atomic E-state index is 0.648. The molecule has 1 aromatic heterocycles. The molecule has 0 bridgehead atoms. The quantitative estimate of drug-likeness (QED) is 0.898. The number of rotatable bonds is 3. The highest BCUT2D eigenvalue weighted by Crippen LogP contribution is 2.31. The van der Waals surface area contributed by atoms with Crippen molar-refractivity contribution in [1.29, 1.82) is 0 Å². The molecule has 5 heteroatoms. The van der Waals surface area contributed by atoms with Crippen molar-refractivity contribution in [2.75, 3.05) is 11.5 Å². The van der Waals surface area contributed by atoms with Crippen LogP contribution in [0.15, 0.2) is 6.07 Å². The van der Waals surface area contributed by atoms with Gasteiger partial charge in [0.25, 0.3) is 0 Å². The largest absolute Gasteiger partial charge is 0.309 e. The van der Waals surface area contributed by atoms with Gasteiger partial charge in [0.1, 0.15) is 0 Å². The minimum atomic E-state index is 0.648. The smallest absolute Gasteiger partial charge is 0.0989 e. The first-order valence-corrected chi connectivity index (χ1v) is 7.23. The molecule has 14 heavy (non-hydrogen) atoms. The van der Waals surface area contributed by atoms with Gasteiger partial charge in [-0.15, -0.1) is 11.3 Å². The standard InChI is InChI=1S/C9H11Cl2NS2/c10-8-3-6(9(11)14-8)4-12-7-1-2-13-5-7/h3,7,12H,1-2,4-5H2. The average molecular weight is 268 g/mol. The van der Waals surface area contributed by atoms with E-state index >= 15 is 0 Å². The van der Waals surface area contributed by atoms with Crippen molar-refractivity contribution < 1.29 is 0 Å². The number of thiophene rings is 1. The Morgan fingerprint density at radius 1 is 1.50 bits per heavy atom. The lowest BCUT2D eigenvalue weighted by molar-refractivity contribution is 0.558. The molecule has 1 unspecified atom stereocenters. The second kappa shape index (κ2) is 5.08. The fourth-order valence-electron chi connectivity index (χ4n) is 1.44. The van der Waals surface area contributed by atoms with E-state index in [1.165, 1.54) is 29.3 Å². The summed E-state index contributed by atoms with van der Waals surface area (Å²) in [6.45, 7) is 0.841. The van der Waals surface area contributed by atoms with Crippen molar-refractivity contribution >= 4 is 46.3 Å². The molecule has 2 heterocycles. The molecule has 1 aliphatic heterocycles. The lowest BCUT2D eigenvalue weighted by Gasteiger charge is -2.09. The van der Waals surface area contributed by atoms with Crippen LogP contribution in [0.25, 0.3) is 0 Å². The van der Waals surface area contributed by atoms with Gasteiger partial charge in [-0.1, -0.05) is 23.2 Å². The summed E-state index contributed by atoms with van der Waals surface area (Å²) in [7, 11) is 0. The van der Waals surface area contributed by atoms with Gasteiger partial charge in [0.2, 0.25) is 0 Å². The van der Waals surface area contributed by atoms with Crippen LogP contribution in [0.2, 0.25) is 8.67 Å². The second-order valence-corrected chi connectivity index (χ2v) is 6.73. The summed E-state index contributed by atoms with van der Waals surface area (Å²) in [5.74, 6) is 2.49. The Hall–Kier alpha value is 0.590. The Bertz CT molecular complexity index is 308. The van der Waals surface area contributed by atoms with Crippen LogP contribution in [0.4, 0.5) is 0 Å². The van der Waals surface area contributed by atoms with Crippen LogP contribution >= 0.6 is 46.3 Å². The summed E-state index contributed by atoms with van der Waals surface area (Å²) in [6.07, 6.45) is 1.26.